The number of anilines is 1. The minimum absolute atomic E-state index is 0.0263. The minimum Gasteiger partial charge on any atom is -0.493 e. The molecule has 0 aliphatic heterocycles. The average molecular weight is 416 g/mol. The number of nitrogen functional groups attached to an aromatic ring is 1. The third-order valence-electron chi connectivity index (χ3n) is 4.11. The molecule has 2 aromatic rings. The molecular weight excluding hydrogens is 391 g/mol. The fourth-order valence-electron chi connectivity index (χ4n) is 2.55. The van der Waals surface area contributed by atoms with E-state index < -0.39 is 11.9 Å². The van der Waals surface area contributed by atoms with E-state index in [0.717, 1.165) is 6.20 Å². The number of nitrogens with one attached hydrogen (secondary N) is 3. The zero-order valence-corrected chi connectivity index (χ0v) is 16.6. The molecule has 0 aromatic heterocycles. The number of hydrazone groups is 1. The summed E-state index contributed by atoms with van der Waals surface area (Å²) >= 11 is 0. The van der Waals surface area contributed by atoms with Gasteiger partial charge in [-0.15, -0.1) is 0 Å². The summed E-state index contributed by atoms with van der Waals surface area (Å²) < 4.78 is 25.3. The molecule has 11 heteroatoms. The van der Waals surface area contributed by atoms with Crippen molar-refractivity contribution in [2.75, 3.05) is 19.5 Å². The Morgan fingerprint density at radius 3 is 2.23 bits per heavy atom. The van der Waals surface area contributed by atoms with E-state index in [1.54, 1.807) is 24.3 Å². The molecule has 0 bridgehead atoms. The maximum Gasteiger partial charge on any atom is 0.163 e. The van der Waals surface area contributed by atoms with Gasteiger partial charge in [-0.25, -0.2) is 4.39 Å². The number of hydrogen-bond donors (Lipinski definition) is 7. The first kappa shape index (κ1) is 22.1. The molecule has 0 fully saturated rings. The average Bonchev–Trinajstić information content (AvgIpc) is 2.75. The molecule has 0 amide bonds. The number of nitrogens with zero attached hydrogens (tertiary/aromatic N) is 1. The first-order chi connectivity index (χ1) is 14.3. The van der Waals surface area contributed by atoms with E-state index in [1.807, 2.05) is 0 Å². The monoisotopic (exact) mass is 416 g/mol. The van der Waals surface area contributed by atoms with E-state index in [9.17, 15) is 4.39 Å². The van der Waals surface area contributed by atoms with Crippen molar-refractivity contribution in [3.63, 3.8) is 0 Å². The Morgan fingerprint density at radius 1 is 1.10 bits per heavy atom. The maximum absolute atomic E-state index is 14.9. The molecule has 30 heavy (non-hydrogen) atoms. The van der Waals surface area contributed by atoms with Gasteiger partial charge in [0, 0.05) is 29.1 Å². The topological polar surface area (TPSA) is 183 Å². The highest BCUT2D eigenvalue weighted by Gasteiger charge is 2.23. The Bertz CT molecular complexity index is 960. The van der Waals surface area contributed by atoms with Crippen LogP contribution in [-0.4, -0.2) is 25.9 Å². The minimum atomic E-state index is -0.911. The SMILES string of the molecule is COc1cc(F)c(C(Nc2ccc(C(=N)N)cc2)/C(N)=N/N/C(N)=C/N)cc1OC. The van der Waals surface area contributed by atoms with Crippen LogP contribution in [0, 0.1) is 11.2 Å². The molecule has 0 spiro atoms. The van der Waals surface area contributed by atoms with Crippen LogP contribution in [0.15, 0.2) is 53.5 Å². The Kier molecular flexibility index (Phi) is 7.28. The lowest BCUT2D eigenvalue weighted by atomic mass is 10.0. The highest BCUT2D eigenvalue weighted by atomic mass is 19.1. The first-order valence-electron chi connectivity index (χ1n) is 8.69. The summed E-state index contributed by atoms with van der Waals surface area (Å²) in [5.41, 5.74) is 26.2. The predicted octanol–water partition coefficient (Wildman–Crippen LogP) is 0.858. The van der Waals surface area contributed by atoms with Gasteiger partial charge in [-0.05, 0) is 30.3 Å². The number of rotatable bonds is 9. The molecule has 1 atom stereocenters. The molecule has 2 rings (SSSR count). The summed E-state index contributed by atoms with van der Waals surface area (Å²) in [6, 6.07) is 8.39. The molecule has 0 heterocycles. The van der Waals surface area contributed by atoms with Crippen molar-refractivity contribution < 1.29 is 13.9 Å². The smallest absolute Gasteiger partial charge is 0.163 e. The Balaban J connectivity index is 2.49. The maximum atomic E-state index is 14.9. The first-order valence-corrected chi connectivity index (χ1v) is 8.69. The summed E-state index contributed by atoms with van der Waals surface area (Å²) in [5, 5.41) is 14.5. The fraction of sp³-hybridized carbons (Fsp3) is 0.158. The molecule has 0 aliphatic carbocycles. The van der Waals surface area contributed by atoms with Crippen LogP contribution in [0.4, 0.5) is 10.1 Å². The van der Waals surface area contributed by atoms with Crippen molar-refractivity contribution in [2.24, 2.45) is 28.0 Å². The van der Waals surface area contributed by atoms with E-state index in [4.69, 9.17) is 37.8 Å². The number of nitrogens with two attached hydrogens (primary N) is 4. The van der Waals surface area contributed by atoms with Crippen molar-refractivity contribution in [3.8, 4) is 11.5 Å². The summed E-state index contributed by atoms with van der Waals surface area (Å²) in [7, 11) is 2.85. The summed E-state index contributed by atoms with van der Waals surface area (Å²) in [5.74, 6) is -0.0803. The number of halogens is 1. The van der Waals surface area contributed by atoms with Crippen LogP contribution < -0.4 is 43.2 Å². The molecule has 0 saturated carbocycles. The Labute approximate surface area is 173 Å². The standard InChI is InChI=1S/C19H25FN8O2/c1-29-14-7-12(13(20)8-15(14)30-2)17(19(25)28-27-16(22)9-21)26-11-5-3-10(4-6-11)18(23)24/h3-9,17,26-27H,21-22H2,1-2H3,(H3,23,24)(H2,25,28)/b16-9+. The highest BCUT2D eigenvalue weighted by Crippen LogP contribution is 2.33. The van der Waals surface area contributed by atoms with Crippen LogP contribution in [0.2, 0.25) is 0 Å². The van der Waals surface area contributed by atoms with Crippen molar-refractivity contribution in [2.45, 2.75) is 6.04 Å². The Hall–Kier alpha value is -4.15. The lowest BCUT2D eigenvalue weighted by Crippen LogP contribution is -2.32. The zero-order chi connectivity index (χ0) is 22.3. The molecule has 10 nitrogen and oxygen atoms in total. The molecule has 0 saturated heterocycles. The van der Waals surface area contributed by atoms with Gasteiger partial charge in [-0.3, -0.25) is 10.8 Å². The van der Waals surface area contributed by atoms with Gasteiger partial charge in [0.05, 0.1) is 14.2 Å². The van der Waals surface area contributed by atoms with E-state index in [-0.39, 0.29) is 28.8 Å². The third-order valence-corrected chi connectivity index (χ3v) is 4.11. The van der Waals surface area contributed by atoms with Crippen molar-refractivity contribution in [1.82, 2.24) is 5.43 Å². The number of ether oxygens (including phenoxy) is 2. The van der Waals surface area contributed by atoms with Crippen LogP contribution in [0.1, 0.15) is 17.2 Å². The number of amidine groups is 2. The number of benzene rings is 2. The third kappa shape index (κ3) is 5.22. The summed E-state index contributed by atoms with van der Waals surface area (Å²) in [4.78, 5) is 0. The second-order valence-corrected chi connectivity index (χ2v) is 6.07. The summed E-state index contributed by atoms with van der Waals surface area (Å²) in [6.45, 7) is 0. The molecule has 0 aliphatic rings. The predicted molar refractivity (Wildman–Crippen MR) is 115 cm³/mol. The van der Waals surface area contributed by atoms with Crippen molar-refractivity contribution in [1.29, 1.82) is 5.41 Å². The lowest BCUT2D eigenvalue weighted by molar-refractivity contribution is 0.351. The highest BCUT2D eigenvalue weighted by molar-refractivity contribution is 5.95. The van der Waals surface area contributed by atoms with Gasteiger partial charge in [-0.2, -0.15) is 5.10 Å². The Morgan fingerprint density at radius 2 is 1.70 bits per heavy atom. The van der Waals surface area contributed by atoms with E-state index in [2.05, 4.69) is 15.8 Å². The summed E-state index contributed by atoms with van der Waals surface area (Å²) in [6.07, 6.45) is 1.11. The molecule has 1 unspecified atom stereocenters. The van der Waals surface area contributed by atoms with Crippen LogP contribution in [0.5, 0.6) is 11.5 Å². The fourth-order valence-corrected chi connectivity index (χ4v) is 2.55. The quantitative estimate of drug-likeness (QED) is 0.178. The number of methoxy groups -OCH3 is 2. The van der Waals surface area contributed by atoms with Gasteiger partial charge < -0.3 is 37.7 Å². The van der Waals surface area contributed by atoms with Gasteiger partial charge in [0.2, 0.25) is 0 Å². The molecule has 160 valence electrons. The molecule has 11 N–H and O–H groups in total. The van der Waals surface area contributed by atoms with Gasteiger partial charge in [0.15, 0.2) is 11.5 Å². The van der Waals surface area contributed by atoms with Gasteiger partial charge in [0.25, 0.3) is 0 Å². The van der Waals surface area contributed by atoms with Gasteiger partial charge in [0.1, 0.15) is 29.4 Å². The number of hydrogen-bond acceptors (Lipinski definition) is 8. The second kappa shape index (κ2) is 9.87. The van der Waals surface area contributed by atoms with Crippen molar-refractivity contribution >= 4 is 17.4 Å². The van der Waals surface area contributed by atoms with Crippen molar-refractivity contribution in [3.05, 3.63) is 65.4 Å². The molecular formula is C19H25FN8O2. The van der Waals surface area contributed by atoms with Crippen LogP contribution >= 0.6 is 0 Å². The van der Waals surface area contributed by atoms with Crippen LogP contribution in [0.25, 0.3) is 0 Å². The van der Waals surface area contributed by atoms with E-state index >= 15 is 0 Å². The van der Waals surface area contributed by atoms with Gasteiger partial charge in [-0.1, -0.05) is 0 Å². The molecule has 0 radical (unpaired) electrons. The normalized spacial score (nSPS) is 12.8. The van der Waals surface area contributed by atoms with E-state index in [1.165, 1.54) is 26.4 Å². The van der Waals surface area contributed by atoms with E-state index in [0.29, 0.717) is 17.0 Å². The van der Waals surface area contributed by atoms with Gasteiger partial charge >= 0.3 is 0 Å². The largest absolute Gasteiger partial charge is 0.493 e. The zero-order valence-electron chi connectivity index (χ0n) is 16.6. The molecule has 2 aromatic carbocycles. The van der Waals surface area contributed by atoms with Crippen LogP contribution in [-0.2, 0) is 0 Å². The van der Waals surface area contributed by atoms with Crippen LogP contribution in [0.3, 0.4) is 0 Å². The lowest BCUT2D eigenvalue weighted by Gasteiger charge is -2.22. The second-order valence-electron chi connectivity index (χ2n) is 6.07.